The molecule has 0 aliphatic carbocycles. The monoisotopic (exact) mass is 488 g/mol. The topological polar surface area (TPSA) is 124 Å². The molecule has 10 nitrogen and oxygen atoms in total. The molecule has 0 bridgehead atoms. The second kappa shape index (κ2) is 11.9. The first-order chi connectivity index (χ1) is 16.7. The second-order valence-corrected chi connectivity index (χ2v) is 7.35. The summed E-state index contributed by atoms with van der Waals surface area (Å²) in [4.78, 5) is 52.6. The summed E-state index contributed by atoms with van der Waals surface area (Å²) >= 11 is 0. The lowest BCUT2D eigenvalue weighted by Crippen LogP contribution is -2.50. The van der Waals surface area contributed by atoms with Crippen molar-refractivity contribution < 1.29 is 47.6 Å². The van der Waals surface area contributed by atoms with Crippen molar-refractivity contribution in [2.45, 2.75) is 12.8 Å². The predicted molar refractivity (Wildman–Crippen MR) is 123 cm³/mol. The standard InChI is InChI=1S/C25H28O10/c1-30-17-9-7-15(8-10-17)11-21(27)25(23(28)34-5,24(29)35-6)14-18(26)16-12-19(31-2)22(33-4)20(13-16)32-3/h7-10,12-13H,11,14H2,1-6H3. The number of carbonyl (C=O) groups is 4. The Morgan fingerprint density at radius 1 is 0.714 bits per heavy atom. The molecule has 0 radical (unpaired) electrons. The van der Waals surface area contributed by atoms with Gasteiger partial charge >= 0.3 is 11.9 Å². The van der Waals surface area contributed by atoms with Gasteiger partial charge in [-0.25, -0.2) is 0 Å². The zero-order valence-corrected chi connectivity index (χ0v) is 20.5. The summed E-state index contributed by atoms with van der Waals surface area (Å²) in [6.07, 6.45) is -1.17. The van der Waals surface area contributed by atoms with Crippen LogP contribution in [0.2, 0.25) is 0 Å². The smallest absolute Gasteiger partial charge is 0.331 e. The van der Waals surface area contributed by atoms with Crippen molar-refractivity contribution >= 4 is 23.5 Å². The first kappa shape index (κ1) is 27.2. The Kier molecular flexibility index (Phi) is 9.21. The fourth-order valence-electron chi connectivity index (χ4n) is 3.57. The molecular formula is C25H28O10. The number of Topliss-reactive ketones (excluding diaryl/α,β-unsaturated/α-hetero) is 2. The Hall–Kier alpha value is -4.08. The summed E-state index contributed by atoms with van der Waals surface area (Å²) in [5.74, 6) is -2.82. The van der Waals surface area contributed by atoms with Crippen LogP contribution in [-0.2, 0) is 30.3 Å². The van der Waals surface area contributed by atoms with Crippen LogP contribution < -0.4 is 18.9 Å². The molecule has 2 aromatic rings. The van der Waals surface area contributed by atoms with Crippen LogP contribution in [0.1, 0.15) is 22.3 Å². The summed E-state index contributed by atoms with van der Waals surface area (Å²) in [5, 5.41) is 0. The van der Waals surface area contributed by atoms with Gasteiger partial charge in [-0.15, -0.1) is 0 Å². The van der Waals surface area contributed by atoms with Gasteiger partial charge in [-0.3, -0.25) is 19.2 Å². The van der Waals surface area contributed by atoms with Crippen molar-refractivity contribution in [1.29, 1.82) is 0 Å². The molecule has 0 aromatic heterocycles. The van der Waals surface area contributed by atoms with Crippen molar-refractivity contribution in [3.8, 4) is 23.0 Å². The number of hydrogen-bond acceptors (Lipinski definition) is 10. The van der Waals surface area contributed by atoms with Crippen LogP contribution in [0.3, 0.4) is 0 Å². The molecular weight excluding hydrogens is 460 g/mol. The molecule has 188 valence electrons. The molecule has 0 unspecified atom stereocenters. The average Bonchev–Trinajstić information content (AvgIpc) is 2.89. The quantitative estimate of drug-likeness (QED) is 0.250. The van der Waals surface area contributed by atoms with E-state index in [2.05, 4.69) is 0 Å². The predicted octanol–water partition coefficient (Wildman–Crippen LogP) is 2.44. The largest absolute Gasteiger partial charge is 0.497 e. The first-order valence-electron chi connectivity index (χ1n) is 10.4. The van der Waals surface area contributed by atoms with Crippen LogP contribution in [0.25, 0.3) is 0 Å². The van der Waals surface area contributed by atoms with Crippen molar-refractivity contribution in [3.63, 3.8) is 0 Å². The number of ether oxygens (including phenoxy) is 6. The van der Waals surface area contributed by atoms with Crippen molar-refractivity contribution in [3.05, 3.63) is 47.5 Å². The van der Waals surface area contributed by atoms with Gasteiger partial charge < -0.3 is 28.4 Å². The van der Waals surface area contributed by atoms with Gasteiger partial charge in [-0.2, -0.15) is 0 Å². The normalized spacial score (nSPS) is 10.7. The highest BCUT2D eigenvalue weighted by atomic mass is 16.5. The summed E-state index contributed by atoms with van der Waals surface area (Å²) in [6.45, 7) is 0. The van der Waals surface area contributed by atoms with Crippen LogP contribution in [0.15, 0.2) is 36.4 Å². The molecule has 0 N–H and O–H groups in total. The summed E-state index contributed by atoms with van der Waals surface area (Å²) in [5.41, 5.74) is -2.01. The number of rotatable bonds is 12. The van der Waals surface area contributed by atoms with Crippen LogP contribution >= 0.6 is 0 Å². The number of methoxy groups -OCH3 is 6. The van der Waals surface area contributed by atoms with Gasteiger partial charge in [-0.1, -0.05) is 12.1 Å². The summed E-state index contributed by atoms with van der Waals surface area (Å²) < 4.78 is 30.5. The van der Waals surface area contributed by atoms with Gasteiger partial charge in [0, 0.05) is 18.4 Å². The number of benzene rings is 2. The van der Waals surface area contributed by atoms with Crippen LogP contribution in [0, 0.1) is 5.41 Å². The van der Waals surface area contributed by atoms with Gasteiger partial charge in [0.25, 0.3) is 0 Å². The fraction of sp³-hybridized carbons (Fsp3) is 0.360. The molecule has 0 amide bonds. The van der Waals surface area contributed by atoms with E-state index < -0.39 is 35.3 Å². The van der Waals surface area contributed by atoms with Gasteiger partial charge in [0.1, 0.15) is 5.75 Å². The maximum Gasteiger partial charge on any atom is 0.331 e. The maximum atomic E-state index is 13.4. The van der Waals surface area contributed by atoms with E-state index >= 15 is 0 Å². The SMILES string of the molecule is COC(=O)C(CC(=O)c1cc(OC)c(OC)c(OC)c1)(C(=O)Cc1ccc(OC)cc1)C(=O)OC. The Morgan fingerprint density at radius 3 is 1.63 bits per heavy atom. The molecule has 0 atom stereocenters. The minimum atomic E-state index is -2.53. The van der Waals surface area contributed by atoms with Crippen molar-refractivity contribution in [2.24, 2.45) is 5.41 Å². The molecule has 10 heteroatoms. The summed E-state index contributed by atoms with van der Waals surface area (Å²) in [7, 11) is 7.68. The van der Waals surface area contributed by atoms with Gasteiger partial charge in [0.15, 0.2) is 23.1 Å². The van der Waals surface area contributed by atoms with E-state index in [9.17, 15) is 19.2 Å². The van der Waals surface area contributed by atoms with Gasteiger partial charge in [0.2, 0.25) is 11.2 Å². The Bertz CT molecular complexity index is 1050. The third-order valence-electron chi connectivity index (χ3n) is 5.48. The third kappa shape index (κ3) is 5.53. The number of esters is 2. The first-order valence-corrected chi connectivity index (χ1v) is 10.4. The molecule has 0 aliphatic rings. The lowest BCUT2D eigenvalue weighted by atomic mass is 9.75. The molecule has 0 heterocycles. The zero-order valence-electron chi connectivity index (χ0n) is 20.5. The van der Waals surface area contributed by atoms with Crippen LogP contribution in [-0.4, -0.2) is 66.2 Å². The molecule has 2 rings (SSSR count). The minimum Gasteiger partial charge on any atom is -0.497 e. The number of carbonyl (C=O) groups excluding carboxylic acids is 4. The average molecular weight is 488 g/mol. The van der Waals surface area contributed by atoms with E-state index in [0.717, 1.165) is 14.2 Å². The molecule has 0 saturated heterocycles. The van der Waals surface area contributed by atoms with E-state index in [0.29, 0.717) is 11.3 Å². The highest BCUT2D eigenvalue weighted by Crippen LogP contribution is 2.40. The molecule has 35 heavy (non-hydrogen) atoms. The van der Waals surface area contributed by atoms with E-state index in [4.69, 9.17) is 28.4 Å². The summed E-state index contributed by atoms with van der Waals surface area (Å²) in [6, 6.07) is 9.19. The molecule has 0 fully saturated rings. The number of ketones is 2. The van der Waals surface area contributed by atoms with Gasteiger partial charge in [0.05, 0.1) is 42.7 Å². The van der Waals surface area contributed by atoms with Gasteiger partial charge in [-0.05, 0) is 29.8 Å². The highest BCUT2D eigenvalue weighted by Gasteiger charge is 2.56. The van der Waals surface area contributed by atoms with Crippen molar-refractivity contribution in [2.75, 3.05) is 42.7 Å². The molecule has 2 aromatic carbocycles. The van der Waals surface area contributed by atoms with Crippen LogP contribution in [0.5, 0.6) is 23.0 Å². The Balaban J connectivity index is 2.55. The van der Waals surface area contributed by atoms with E-state index in [1.165, 1.54) is 40.6 Å². The van der Waals surface area contributed by atoms with E-state index in [1.54, 1.807) is 24.3 Å². The Labute approximate surface area is 203 Å². The second-order valence-electron chi connectivity index (χ2n) is 7.35. The van der Waals surface area contributed by atoms with E-state index in [-0.39, 0.29) is 29.2 Å². The zero-order chi connectivity index (χ0) is 26.2. The molecule has 0 saturated carbocycles. The van der Waals surface area contributed by atoms with E-state index in [1.807, 2.05) is 0 Å². The van der Waals surface area contributed by atoms with Crippen molar-refractivity contribution in [1.82, 2.24) is 0 Å². The minimum absolute atomic E-state index is 0.0222. The molecule has 0 aliphatic heterocycles. The lowest BCUT2D eigenvalue weighted by molar-refractivity contribution is -0.172. The lowest BCUT2D eigenvalue weighted by Gasteiger charge is -2.26. The maximum absolute atomic E-state index is 13.4. The Morgan fingerprint density at radius 2 is 1.23 bits per heavy atom. The highest BCUT2D eigenvalue weighted by molar-refractivity contribution is 6.23. The van der Waals surface area contributed by atoms with Crippen LogP contribution in [0.4, 0.5) is 0 Å². The fourth-order valence-corrected chi connectivity index (χ4v) is 3.57. The number of hydrogen-bond donors (Lipinski definition) is 0. The molecule has 0 spiro atoms. The third-order valence-corrected chi connectivity index (χ3v) is 5.48.